The van der Waals surface area contributed by atoms with Crippen LogP contribution in [0.25, 0.3) is 6.08 Å². The van der Waals surface area contributed by atoms with Crippen LogP contribution in [0.2, 0.25) is 5.02 Å². The van der Waals surface area contributed by atoms with E-state index >= 15 is 0 Å². The van der Waals surface area contributed by atoms with E-state index in [-0.39, 0.29) is 28.3 Å². The first-order valence-corrected chi connectivity index (χ1v) is 12.3. The number of methoxy groups -OCH3 is 1. The average Bonchev–Trinajstić information content (AvgIpc) is 3.14. The van der Waals surface area contributed by atoms with E-state index in [1.165, 1.54) is 17.0 Å². The maximum absolute atomic E-state index is 13.4. The van der Waals surface area contributed by atoms with Crippen molar-refractivity contribution >= 4 is 57.8 Å². The third-order valence-corrected chi connectivity index (χ3v) is 6.50. The highest BCUT2D eigenvalue weighted by Crippen LogP contribution is 2.31. The number of rotatable bonds is 6. The highest BCUT2D eigenvalue weighted by molar-refractivity contribution is 8.14. The van der Waals surface area contributed by atoms with E-state index in [0.717, 1.165) is 34.5 Å². The zero-order chi connectivity index (χ0) is 25.8. The minimum absolute atomic E-state index is 0.0308. The number of anilines is 2. The Kier molecular flexibility index (Phi) is 7.76. The van der Waals surface area contributed by atoms with Crippen molar-refractivity contribution in [1.82, 2.24) is 0 Å². The number of amidine groups is 1. The second-order valence-corrected chi connectivity index (χ2v) is 9.49. The van der Waals surface area contributed by atoms with Gasteiger partial charge in [-0.05, 0) is 79.1 Å². The Morgan fingerprint density at radius 2 is 1.81 bits per heavy atom. The van der Waals surface area contributed by atoms with Gasteiger partial charge in [0, 0.05) is 0 Å². The molecule has 3 aromatic rings. The molecule has 0 saturated carbocycles. The van der Waals surface area contributed by atoms with E-state index < -0.39 is 5.82 Å². The lowest BCUT2D eigenvalue weighted by atomic mass is 10.1. The van der Waals surface area contributed by atoms with Crippen LogP contribution in [0.4, 0.5) is 15.8 Å². The molecule has 0 aliphatic carbocycles. The van der Waals surface area contributed by atoms with Gasteiger partial charge in [-0.3, -0.25) is 14.5 Å². The highest BCUT2D eigenvalue weighted by atomic mass is 35.5. The van der Waals surface area contributed by atoms with Gasteiger partial charge < -0.3 is 10.1 Å². The average molecular weight is 524 g/mol. The van der Waals surface area contributed by atoms with E-state index in [2.05, 4.69) is 10.3 Å². The van der Waals surface area contributed by atoms with Gasteiger partial charge in [-0.25, -0.2) is 9.38 Å². The Bertz CT molecular complexity index is 1370. The van der Waals surface area contributed by atoms with E-state index in [1.807, 2.05) is 44.2 Å². The zero-order valence-electron chi connectivity index (χ0n) is 19.8. The minimum Gasteiger partial charge on any atom is -0.497 e. The first-order chi connectivity index (χ1) is 17.2. The van der Waals surface area contributed by atoms with Crippen molar-refractivity contribution in [2.75, 3.05) is 23.1 Å². The van der Waals surface area contributed by atoms with Gasteiger partial charge in [-0.15, -0.1) is 0 Å². The molecule has 2 amide bonds. The molecule has 9 heteroatoms. The van der Waals surface area contributed by atoms with E-state index in [0.29, 0.717) is 22.3 Å². The number of carbonyl (C=O) groups excluding carboxylic acids is 2. The number of thioether (sulfide) groups is 1. The Balaban J connectivity index is 1.60. The van der Waals surface area contributed by atoms with Gasteiger partial charge in [0.1, 0.15) is 17.3 Å². The van der Waals surface area contributed by atoms with Crippen molar-refractivity contribution < 1.29 is 18.7 Å². The number of halogens is 2. The summed E-state index contributed by atoms with van der Waals surface area (Å²) in [6.07, 6.45) is 1.70. The smallest absolute Gasteiger partial charge is 0.283 e. The minimum atomic E-state index is -0.494. The van der Waals surface area contributed by atoms with Gasteiger partial charge in [0.15, 0.2) is 5.17 Å². The molecule has 1 N–H and O–H groups in total. The summed E-state index contributed by atoms with van der Waals surface area (Å²) in [6, 6.07) is 16.8. The van der Waals surface area contributed by atoms with Crippen LogP contribution in [-0.4, -0.2) is 29.8 Å². The van der Waals surface area contributed by atoms with Gasteiger partial charge in [0.05, 0.1) is 29.3 Å². The standard InChI is InChI=1S/C27H23ClFN3O3S/c1-16-10-17(2)12-20(11-16)32-26(34)24(13-18-4-7-21(35-3)8-5-18)31-27(32)36-15-25(33)30-23-9-6-19(29)14-22(23)28/h4-14H,15H2,1-3H3,(H,30,33)/b24-13-. The van der Waals surface area contributed by atoms with Crippen molar-refractivity contribution in [2.24, 2.45) is 4.99 Å². The molecule has 0 radical (unpaired) electrons. The fourth-order valence-electron chi connectivity index (χ4n) is 3.67. The summed E-state index contributed by atoms with van der Waals surface area (Å²) in [5.74, 6) is -0.473. The molecule has 0 fully saturated rings. The fourth-order valence-corrected chi connectivity index (χ4v) is 4.69. The number of ether oxygens (including phenoxy) is 1. The summed E-state index contributed by atoms with van der Waals surface area (Å²) in [5, 5.41) is 3.14. The van der Waals surface area contributed by atoms with Gasteiger partial charge in [-0.2, -0.15) is 0 Å². The zero-order valence-corrected chi connectivity index (χ0v) is 21.4. The summed E-state index contributed by atoms with van der Waals surface area (Å²) in [6.45, 7) is 3.91. The Morgan fingerprint density at radius 3 is 2.44 bits per heavy atom. The second kappa shape index (κ2) is 11.0. The number of nitrogens with zero attached hydrogens (tertiary/aromatic N) is 2. The molecule has 36 heavy (non-hydrogen) atoms. The number of nitrogens with one attached hydrogen (secondary N) is 1. The third-order valence-electron chi connectivity index (χ3n) is 5.25. The third kappa shape index (κ3) is 5.95. The molecule has 4 rings (SSSR count). The quantitative estimate of drug-likeness (QED) is 0.389. The number of carbonyl (C=O) groups is 2. The highest BCUT2D eigenvalue weighted by Gasteiger charge is 2.32. The van der Waals surface area contributed by atoms with Crippen molar-refractivity contribution in [2.45, 2.75) is 13.8 Å². The van der Waals surface area contributed by atoms with Crippen molar-refractivity contribution in [3.8, 4) is 5.75 Å². The normalized spacial score (nSPS) is 14.2. The predicted octanol–water partition coefficient (Wildman–Crippen LogP) is 6.22. The molecule has 3 aromatic carbocycles. The van der Waals surface area contributed by atoms with Crippen LogP contribution in [0.3, 0.4) is 0 Å². The molecule has 0 atom stereocenters. The maximum atomic E-state index is 13.4. The summed E-state index contributed by atoms with van der Waals surface area (Å²) in [7, 11) is 1.59. The largest absolute Gasteiger partial charge is 0.497 e. The van der Waals surface area contributed by atoms with Gasteiger partial charge >= 0.3 is 0 Å². The van der Waals surface area contributed by atoms with E-state index in [1.54, 1.807) is 25.3 Å². The topological polar surface area (TPSA) is 71.0 Å². The van der Waals surface area contributed by atoms with Gasteiger partial charge in [-0.1, -0.05) is 41.6 Å². The Hall–Kier alpha value is -3.62. The Labute approximate surface area is 217 Å². The summed E-state index contributed by atoms with van der Waals surface area (Å²) in [4.78, 5) is 32.1. The van der Waals surface area contributed by atoms with Gasteiger partial charge in [0.2, 0.25) is 5.91 Å². The molecular formula is C27H23ClFN3O3S. The monoisotopic (exact) mass is 523 g/mol. The Morgan fingerprint density at radius 1 is 1.11 bits per heavy atom. The first kappa shape index (κ1) is 25.5. The predicted molar refractivity (Wildman–Crippen MR) is 144 cm³/mol. The molecule has 0 spiro atoms. The van der Waals surface area contributed by atoms with Crippen LogP contribution in [0.5, 0.6) is 5.75 Å². The lowest BCUT2D eigenvalue weighted by Crippen LogP contribution is -2.31. The van der Waals surface area contributed by atoms with Crippen molar-refractivity contribution in [3.05, 3.63) is 93.9 Å². The number of aliphatic imine (C=N–C) groups is 1. The number of hydrogen-bond acceptors (Lipinski definition) is 5. The van der Waals surface area contributed by atoms with Crippen LogP contribution in [0.15, 0.2) is 71.4 Å². The van der Waals surface area contributed by atoms with Crippen LogP contribution >= 0.6 is 23.4 Å². The molecule has 1 aliphatic heterocycles. The second-order valence-electron chi connectivity index (χ2n) is 8.14. The van der Waals surface area contributed by atoms with Crippen LogP contribution in [0, 0.1) is 19.7 Å². The molecule has 1 heterocycles. The maximum Gasteiger partial charge on any atom is 0.283 e. The van der Waals surface area contributed by atoms with Crippen LogP contribution in [-0.2, 0) is 9.59 Å². The number of hydrogen-bond donors (Lipinski definition) is 1. The van der Waals surface area contributed by atoms with E-state index in [4.69, 9.17) is 16.3 Å². The number of aryl methyl sites for hydroxylation is 2. The molecule has 1 aliphatic rings. The molecule has 0 saturated heterocycles. The number of benzene rings is 3. The fraction of sp³-hybridized carbons (Fsp3) is 0.148. The molecule has 0 unspecified atom stereocenters. The van der Waals surface area contributed by atoms with Crippen LogP contribution in [0.1, 0.15) is 16.7 Å². The van der Waals surface area contributed by atoms with Crippen LogP contribution < -0.4 is 15.0 Å². The molecule has 0 aromatic heterocycles. The summed E-state index contributed by atoms with van der Waals surface area (Å²) < 4.78 is 18.5. The molecule has 184 valence electrons. The summed E-state index contributed by atoms with van der Waals surface area (Å²) in [5.41, 5.74) is 4.02. The SMILES string of the molecule is COc1ccc(/C=C2\N=C(SCC(=O)Nc3ccc(F)cc3Cl)N(c3cc(C)cc(C)c3)C2=O)cc1. The lowest BCUT2D eigenvalue weighted by molar-refractivity contribution is -0.114. The molecule has 0 bridgehead atoms. The van der Waals surface area contributed by atoms with Crippen molar-refractivity contribution in [1.29, 1.82) is 0 Å². The van der Waals surface area contributed by atoms with Crippen molar-refractivity contribution in [3.63, 3.8) is 0 Å². The number of amides is 2. The lowest BCUT2D eigenvalue weighted by Gasteiger charge is -2.19. The van der Waals surface area contributed by atoms with Gasteiger partial charge in [0.25, 0.3) is 5.91 Å². The molecule has 6 nitrogen and oxygen atoms in total. The first-order valence-electron chi connectivity index (χ1n) is 11.0. The summed E-state index contributed by atoms with van der Waals surface area (Å²) >= 11 is 7.14. The van der Waals surface area contributed by atoms with E-state index in [9.17, 15) is 14.0 Å². The molecular weight excluding hydrogens is 501 g/mol.